The van der Waals surface area contributed by atoms with E-state index in [1.54, 1.807) is 0 Å². The summed E-state index contributed by atoms with van der Waals surface area (Å²) in [5.41, 5.74) is 20.9. The first-order chi connectivity index (χ1) is 31.8. The Kier molecular flexibility index (Phi) is 7.36. The molecule has 0 aliphatic heterocycles. The lowest BCUT2D eigenvalue weighted by Gasteiger charge is -2.20. The van der Waals surface area contributed by atoms with E-state index in [-0.39, 0.29) is 0 Å². The summed E-state index contributed by atoms with van der Waals surface area (Å²) in [7, 11) is 0. The highest BCUT2D eigenvalue weighted by Crippen LogP contribution is 2.58. The highest BCUT2D eigenvalue weighted by atomic mass is 15.0. The molecule has 4 aromatic heterocycles. The number of fused-ring (bicyclic) bond motifs is 10. The molecule has 4 heterocycles. The van der Waals surface area contributed by atoms with Gasteiger partial charge in [0, 0.05) is 34.5 Å². The molecule has 64 heavy (non-hydrogen) atoms. The summed E-state index contributed by atoms with van der Waals surface area (Å²) in [4.78, 5) is 9.84. The van der Waals surface area contributed by atoms with Crippen molar-refractivity contribution in [2.75, 3.05) is 0 Å². The number of para-hydroxylation sites is 2. The molecule has 0 unspecified atom stereocenters. The van der Waals surface area contributed by atoms with E-state index in [9.17, 15) is 0 Å². The fraction of sp³-hybridized carbons (Fsp3) is 0. The van der Waals surface area contributed by atoms with Gasteiger partial charge < -0.3 is 9.13 Å². The first-order valence-electron chi connectivity index (χ1n) is 21.9. The topological polar surface area (TPSA) is 35.6 Å². The number of pyridine rings is 2. The summed E-state index contributed by atoms with van der Waals surface area (Å²) in [6, 6.07) is 75.4. The number of aromatic nitrogens is 4. The Morgan fingerprint density at radius 2 is 0.719 bits per heavy atom. The van der Waals surface area contributed by atoms with Gasteiger partial charge in [0.1, 0.15) is 0 Å². The van der Waals surface area contributed by atoms with Gasteiger partial charge in [0.05, 0.1) is 33.1 Å². The van der Waals surface area contributed by atoms with Crippen LogP contribution >= 0.6 is 0 Å². The monoisotopic (exact) mass is 812 g/mol. The summed E-state index contributed by atoms with van der Waals surface area (Å²) in [5, 5.41) is 7.29. The van der Waals surface area contributed by atoms with Crippen LogP contribution < -0.4 is 0 Å². The second kappa shape index (κ2) is 13.4. The second-order valence-electron chi connectivity index (χ2n) is 16.9. The van der Waals surface area contributed by atoms with Gasteiger partial charge in [-0.1, -0.05) is 152 Å². The third-order valence-electron chi connectivity index (χ3n) is 13.5. The summed E-state index contributed by atoms with van der Waals surface area (Å²) < 4.78 is 4.77. The number of hydrogen-bond acceptors (Lipinski definition) is 2. The molecule has 0 atom stereocenters. The van der Waals surface area contributed by atoms with E-state index >= 15 is 0 Å². The van der Waals surface area contributed by atoms with Crippen molar-refractivity contribution >= 4 is 65.4 Å². The van der Waals surface area contributed by atoms with E-state index in [0.29, 0.717) is 0 Å². The molecule has 0 bridgehead atoms. The summed E-state index contributed by atoms with van der Waals surface area (Å²) in [5.74, 6) is 0. The lowest BCUT2D eigenvalue weighted by molar-refractivity contribution is 1.13. The predicted octanol–water partition coefficient (Wildman–Crippen LogP) is 15.6. The maximum Gasteiger partial charge on any atom is 0.0963 e. The van der Waals surface area contributed by atoms with E-state index in [1.165, 1.54) is 71.6 Å². The Balaban J connectivity index is 1.10. The van der Waals surface area contributed by atoms with Gasteiger partial charge in [0.15, 0.2) is 0 Å². The Hall–Kier alpha value is -8.60. The summed E-state index contributed by atoms with van der Waals surface area (Å²) in [6.45, 7) is 0. The van der Waals surface area contributed by atoms with Crippen LogP contribution in [0, 0.1) is 0 Å². The molecule has 0 saturated heterocycles. The van der Waals surface area contributed by atoms with Gasteiger partial charge in [0.25, 0.3) is 0 Å². The minimum atomic E-state index is 0.991. The maximum atomic E-state index is 4.92. The molecule has 0 saturated carbocycles. The molecule has 13 aromatic rings. The molecule has 0 spiro atoms. The van der Waals surface area contributed by atoms with Crippen LogP contribution in [0.3, 0.4) is 0 Å². The lowest BCUT2D eigenvalue weighted by Crippen LogP contribution is -2.00. The molecular formula is C60H36N4. The van der Waals surface area contributed by atoms with Crippen molar-refractivity contribution in [1.82, 2.24) is 19.1 Å². The van der Waals surface area contributed by atoms with Crippen LogP contribution in [0.25, 0.3) is 132 Å². The lowest BCUT2D eigenvalue weighted by atomic mass is 9.82. The standard InChI is InChI=1S/C60H36N4/c1-3-16-37(17-4-1)54-44-20-7-8-21-45(44)55(38-18-5-2-6-19-38)58-49-31-30-42(43-24-13-25-48(56(43)49)57(54)58)39-34-40(63-50-26-11-9-22-46(50)59-52(63)28-14-32-61-59)36-41(35-39)64-51-27-12-10-23-47(51)60-53(64)29-15-33-62-60/h1-36H. The van der Waals surface area contributed by atoms with Gasteiger partial charge in [-0.3, -0.25) is 9.97 Å². The minimum Gasteiger partial charge on any atom is -0.308 e. The van der Waals surface area contributed by atoms with Crippen LogP contribution in [0.5, 0.6) is 0 Å². The van der Waals surface area contributed by atoms with Gasteiger partial charge in [-0.15, -0.1) is 0 Å². The number of rotatable bonds is 5. The van der Waals surface area contributed by atoms with Crippen molar-refractivity contribution in [2.45, 2.75) is 0 Å². The fourth-order valence-electron chi connectivity index (χ4n) is 11.0. The van der Waals surface area contributed by atoms with Gasteiger partial charge in [-0.2, -0.15) is 0 Å². The normalized spacial score (nSPS) is 12.1. The first-order valence-corrected chi connectivity index (χ1v) is 21.9. The highest BCUT2D eigenvalue weighted by Gasteiger charge is 2.31. The third kappa shape index (κ3) is 4.88. The fourth-order valence-corrected chi connectivity index (χ4v) is 11.0. The van der Waals surface area contributed by atoms with Gasteiger partial charge in [-0.25, -0.2) is 0 Å². The van der Waals surface area contributed by atoms with E-state index in [1.807, 2.05) is 24.5 Å². The number of nitrogens with zero attached hydrogens (tertiary/aromatic N) is 4. The van der Waals surface area contributed by atoms with E-state index < -0.39 is 0 Å². The molecule has 14 rings (SSSR count). The Morgan fingerprint density at radius 1 is 0.281 bits per heavy atom. The van der Waals surface area contributed by atoms with Crippen molar-refractivity contribution in [1.29, 1.82) is 0 Å². The van der Waals surface area contributed by atoms with E-state index in [4.69, 9.17) is 9.97 Å². The molecule has 4 heteroatoms. The molecule has 1 aliphatic rings. The van der Waals surface area contributed by atoms with E-state index in [0.717, 1.165) is 60.8 Å². The molecule has 296 valence electrons. The third-order valence-corrected chi connectivity index (χ3v) is 13.5. The quantitative estimate of drug-likeness (QED) is 0.174. The zero-order chi connectivity index (χ0) is 41.9. The Labute approximate surface area is 368 Å². The number of benzene rings is 9. The molecule has 0 fully saturated rings. The largest absolute Gasteiger partial charge is 0.308 e. The summed E-state index contributed by atoms with van der Waals surface area (Å²) >= 11 is 0. The van der Waals surface area contributed by atoms with Crippen molar-refractivity contribution < 1.29 is 0 Å². The molecule has 0 amide bonds. The van der Waals surface area contributed by atoms with Gasteiger partial charge in [-0.05, 0) is 132 Å². The number of hydrogen-bond donors (Lipinski definition) is 0. The van der Waals surface area contributed by atoms with Crippen LogP contribution in [0.15, 0.2) is 219 Å². The zero-order valence-electron chi connectivity index (χ0n) is 34.6. The second-order valence-corrected chi connectivity index (χ2v) is 16.9. The Morgan fingerprint density at radius 3 is 1.27 bits per heavy atom. The smallest absolute Gasteiger partial charge is 0.0963 e. The highest BCUT2D eigenvalue weighted by molar-refractivity contribution is 6.29. The van der Waals surface area contributed by atoms with Crippen LogP contribution in [0.1, 0.15) is 0 Å². The van der Waals surface area contributed by atoms with Crippen molar-refractivity contribution in [3.8, 4) is 67.0 Å². The van der Waals surface area contributed by atoms with Crippen LogP contribution in [-0.2, 0) is 0 Å². The van der Waals surface area contributed by atoms with Crippen LogP contribution in [-0.4, -0.2) is 19.1 Å². The molecule has 0 radical (unpaired) electrons. The zero-order valence-corrected chi connectivity index (χ0v) is 34.6. The minimum absolute atomic E-state index is 0.991. The Bertz CT molecular complexity index is 3730. The van der Waals surface area contributed by atoms with Crippen LogP contribution in [0.2, 0.25) is 0 Å². The van der Waals surface area contributed by atoms with Crippen LogP contribution in [0.4, 0.5) is 0 Å². The van der Waals surface area contributed by atoms with Crippen molar-refractivity contribution in [3.63, 3.8) is 0 Å². The molecule has 9 aromatic carbocycles. The van der Waals surface area contributed by atoms with Crippen molar-refractivity contribution in [3.05, 3.63) is 219 Å². The average molecular weight is 813 g/mol. The molecule has 4 nitrogen and oxygen atoms in total. The molecular weight excluding hydrogens is 777 g/mol. The van der Waals surface area contributed by atoms with Crippen molar-refractivity contribution in [2.24, 2.45) is 0 Å². The molecule has 1 aliphatic carbocycles. The van der Waals surface area contributed by atoms with E-state index in [2.05, 4.69) is 203 Å². The first kappa shape index (κ1) is 35.0. The van der Waals surface area contributed by atoms with Gasteiger partial charge in [0.2, 0.25) is 0 Å². The maximum absolute atomic E-state index is 4.92. The predicted molar refractivity (Wildman–Crippen MR) is 266 cm³/mol. The van der Waals surface area contributed by atoms with Gasteiger partial charge >= 0.3 is 0 Å². The average Bonchev–Trinajstić information content (AvgIpc) is 4.00. The summed E-state index contributed by atoms with van der Waals surface area (Å²) in [6.07, 6.45) is 3.79. The SMILES string of the molecule is c1ccc(-c2c3c(c(-c4ccccc4)c4ccccc24)-c2ccc(-c4cc(-n5c6ccccc6c6ncccc65)cc(-n5c6ccccc6c6ncccc65)c4)c4cccc-3c24)cc1. The molecule has 0 N–H and O–H groups in total.